The van der Waals surface area contributed by atoms with Crippen molar-refractivity contribution in [2.45, 2.75) is 45.9 Å². The van der Waals surface area contributed by atoms with Gasteiger partial charge in [-0.05, 0) is 85.3 Å². The number of alkyl carbamates (subject to hydrolysis) is 1. The van der Waals surface area contributed by atoms with E-state index in [1.54, 1.807) is 60.9 Å². The molecule has 248 valence electrons. The molecule has 0 spiro atoms. The summed E-state index contributed by atoms with van der Waals surface area (Å²) in [5.41, 5.74) is 5.13. The molecule has 1 heterocycles. The van der Waals surface area contributed by atoms with E-state index in [1.807, 2.05) is 91.0 Å². The summed E-state index contributed by atoms with van der Waals surface area (Å²) in [6.45, 7) is 5.83. The Morgan fingerprint density at radius 1 is 0.714 bits per heavy atom. The summed E-state index contributed by atoms with van der Waals surface area (Å²) in [4.78, 5) is 44.4. The van der Waals surface area contributed by atoms with Crippen LogP contribution in [0.15, 0.2) is 127 Å². The van der Waals surface area contributed by atoms with Crippen LogP contribution in [0.1, 0.15) is 37.5 Å². The van der Waals surface area contributed by atoms with Crippen LogP contribution in [-0.2, 0) is 33.8 Å². The van der Waals surface area contributed by atoms with Crippen LogP contribution in [0, 0.1) is 11.7 Å². The zero-order valence-electron chi connectivity index (χ0n) is 27.7. The SMILES string of the molecule is CC(C)(C)OC(=O)NCc1ccc(N2C(=O)C(Cc3ccccc3F)C(=O)N(Cc3ccc(-c4ccccc4)cc3)c3ccccc32)cc1. The first-order valence-corrected chi connectivity index (χ1v) is 16.3. The number of halogens is 1. The van der Waals surface area contributed by atoms with E-state index in [9.17, 15) is 18.8 Å². The van der Waals surface area contributed by atoms with Gasteiger partial charge in [-0.3, -0.25) is 14.5 Å². The topological polar surface area (TPSA) is 79.0 Å². The Kier molecular flexibility index (Phi) is 9.58. The van der Waals surface area contributed by atoms with E-state index in [-0.39, 0.29) is 25.1 Å². The predicted molar refractivity (Wildman–Crippen MR) is 190 cm³/mol. The largest absolute Gasteiger partial charge is 0.444 e. The first-order valence-electron chi connectivity index (χ1n) is 16.3. The van der Waals surface area contributed by atoms with Crippen molar-refractivity contribution in [3.05, 3.63) is 150 Å². The average molecular weight is 656 g/mol. The fourth-order valence-corrected chi connectivity index (χ4v) is 5.92. The quantitative estimate of drug-likeness (QED) is 0.170. The number of anilines is 3. The highest BCUT2D eigenvalue weighted by atomic mass is 19.1. The van der Waals surface area contributed by atoms with Gasteiger partial charge in [0.1, 0.15) is 17.3 Å². The number of amides is 3. The molecule has 0 saturated heterocycles. The summed E-state index contributed by atoms with van der Waals surface area (Å²) in [6, 6.07) is 38.8. The number of hydrogen-bond acceptors (Lipinski definition) is 4. The smallest absolute Gasteiger partial charge is 0.407 e. The Hall–Kier alpha value is -5.76. The maximum atomic E-state index is 15.0. The Bertz CT molecular complexity index is 1950. The Morgan fingerprint density at radius 2 is 1.31 bits per heavy atom. The molecule has 5 aromatic carbocycles. The molecule has 6 rings (SSSR count). The monoisotopic (exact) mass is 655 g/mol. The molecule has 1 aliphatic rings. The lowest BCUT2D eigenvalue weighted by Crippen LogP contribution is -2.41. The number of nitrogens with zero attached hydrogens (tertiary/aromatic N) is 2. The van der Waals surface area contributed by atoms with Gasteiger partial charge in [0.05, 0.1) is 17.9 Å². The lowest BCUT2D eigenvalue weighted by Gasteiger charge is -2.26. The number of para-hydroxylation sites is 2. The normalized spacial score (nSPS) is 14.7. The molecule has 0 fully saturated rings. The molecule has 1 aliphatic heterocycles. The third kappa shape index (κ3) is 7.70. The Morgan fingerprint density at radius 3 is 1.98 bits per heavy atom. The minimum absolute atomic E-state index is 0.101. The highest BCUT2D eigenvalue weighted by Crippen LogP contribution is 2.41. The third-order valence-electron chi connectivity index (χ3n) is 8.31. The number of benzene rings is 5. The molecule has 1 unspecified atom stereocenters. The Labute approximate surface area is 286 Å². The van der Waals surface area contributed by atoms with Gasteiger partial charge in [-0.15, -0.1) is 0 Å². The molecule has 1 N–H and O–H groups in total. The summed E-state index contributed by atoms with van der Waals surface area (Å²) >= 11 is 0. The van der Waals surface area contributed by atoms with E-state index in [4.69, 9.17) is 4.74 Å². The molecule has 1 atom stereocenters. The molecule has 0 radical (unpaired) electrons. The van der Waals surface area contributed by atoms with Crippen molar-refractivity contribution in [3.8, 4) is 11.1 Å². The number of hydrogen-bond donors (Lipinski definition) is 1. The summed E-state index contributed by atoms with van der Waals surface area (Å²) in [7, 11) is 0. The van der Waals surface area contributed by atoms with Gasteiger partial charge in [-0.25, -0.2) is 9.18 Å². The van der Waals surface area contributed by atoms with Crippen LogP contribution >= 0.6 is 0 Å². The molecule has 7 nitrogen and oxygen atoms in total. The van der Waals surface area contributed by atoms with Crippen molar-refractivity contribution in [1.29, 1.82) is 0 Å². The first-order chi connectivity index (χ1) is 23.6. The van der Waals surface area contributed by atoms with E-state index in [0.29, 0.717) is 17.1 Å². The predicted octanol–water partition coefficient (Wildman–Crippen LogP) is 8.59. The van der Waals surface area contributed by atoms with Crippen molar-refractivity contribution in [3.63, 3.8) is 0 Å². The van der Waals surface area contributed by atoms with Crippen LogP contribution in [0.2, 0.25) is 0 Å². The van der Waals surface area contributed by atoms with E-state index in [1.165, 1.54) is 6.07 Å². The van der Waals surface area contributed by atoms with Crippen molar-refractivity contribution < 1.29 is 23.5 Å². The molecule has 0 aromatic heterocycles. The van der Waals surface area contributed by atoms with Crippen molar-refractivity contribution >= 4 is 35.0 Å². The van der Waals surface area contributed by atoms with Gasteiger partial charge in [0, 0.05) is 12.2 Å². The van der Waals surface area contributed by atoms with E-state index >= 15 is 0 Å². The molecular formula is C41H38FN3O4. The number of carbonyl (C=O) groups is 3. The second-order valence-corrected chi connectivity index (χ2v) is 13.0. The summed E-state index contributed by atoms with van der Waals surface area (Å²) in [5.74, 6) is -2.53. The van der Waals surface area contributed by atoms with E-state index in [2.05, 4.69) is 5.32 Å². The molecule has 49 heavy (non-hydrogen) atoms. The van der Waals surface area contributed by atoms with Gasteiger partial charge >= 0.3 is 6.09 Å². The minimum atomic E-state index is -1.19. The second kappa shape index (κ2) is 14.2. The van der Waals surface area contributed by atoms with Crippen molar-refractivity contribution in [2.24, 2.45) is 5.92 Å². The van der Waals surface area contributed by atoms with Crippen molar-refractivity contribution in [2.75, 3.05) is 9.80 Å². The fraction of sp³-hybridized carbons (Fsp3) is 0.195. The van der Waals surface area contributed by atoms with Gasteiger partial charge in [0.25, 0.3) is 0 Å². The molecule has 0 bridgehead atoms. The molecule has 3 amide bonds. The number of rotatable bonds is 8. The van der Waals surface area contributed by atoms with Gasteiger partial charge < -0.3 is 15.0 Å². The summed E-state index contributed by atoms with van der Waals surface area (Å²) < 4.78 is 20.3. The average Bonchev–Trinajstić information content (AvgIpc) is 3.17. The zero-order valence-corrected chi connectivity index (χ0v) is 27.7. The molecule has 0 saturated carbocycles. The van der Waals surface area contributed by atoms with Gasteiger partial charge in [0.15, 0.2) is 0 Å². The van der Waals surface area contributed by atoms with Crippen LogP contribution in [0.3, 0.4) is 0 Å². The first kappa shape index (κ1) is 33.2. The number of ether oxygens (including phenoxy) is 1. The number of carbonyl (C=O) groups excluding carboxylic acids is 3. The van der Waals surface area contributed by atoms with Gasteiger partial charge in [-0.2, -0.15) is 0 Å². The number of fused-ring (bicyclic) bond motifs is 1. The molecule has 8 heteroatoms. The maximum Gasteiger partial charge on any atom is 0.407 e. The zero-order chi connectivity index (χ0) is 34.5. The van der Waals surface area contributed by atoms with Crippen LogP contribution in [0.4, 0.5) is 26.2 Å². The van der Waals surface area contributed by atoms with E-state index in [0.717, 1.165) is 22.3 Å². The third-order valence-corrected chi connectivity index (χ3v) is 8.31. The molecule has 5 aromatic rings. The minimum Gasteiger partial charge on any atom is -0.444 e. The highest BCUT2D eigenvalue weighted by molar-refractivity contribution is 6.20. The van der Waals surface area contributed by atoms with Crippen molar-refractivity contribution in [1.82, 2.24) is 5.32 Å². The van der Waals surface area contributed by atoms with Crippen LogP contribution in [0.25, 0.3) is 11.1 Å². The standard InChI is InChI=1S/C41H38FN3O4/c1-41(2,3)49-40(48)43-26-28-19-23-33(24-20-28)45-37-16-10-9-15-36(37)44(27-29-17-21-31(22-18-29)30-11-5-4-6-12-30)38(46)34(39(45)47)25-32-13-7-8-14-35(32)42/h4-24,34H,25-27H2,1-3H3,(H,43,48). The highest BCUT2D eigenvalue weighted by Gasteiger charge is 2.41. The van der Waals surface area contributed by atoms with Crippen LogP contribution < -0.4 is 15.1 Å². The summed E-state index contributed by atoms with van der Waals surface area (Å²) in [5, 5.41) is 2.75. The van der Waals surface area contributed by atoms with Crippen LogP contribution in [0.5, 0.6) is 0 Å². The summed E-state index contributed by atoms with van der Waals surface area (Å²) in [6.07, 6.45) is -0.631. The number of nitrogens with one attached hydrogen (secondary N) is 1. The molecule has 0 aliphatic carbocycles. The Balaban J connectivity index is 1.35. The molecular weight excluding hydrogens is 617 g/mol. The lowest BCUT2D eigenvalue weighted by atomic mass is 9.95. The van der Waals surface area contributed by atoms with Gasteiger partial charge in [-0.1, -0.05) is 97.1 Å². The second-order valence-electron chi connectivity index (χ2n) is 13.0. The van der Waals surface area contributed by atoms with E-state index < -0.39 is 35.2 Å². The van der Waals surface area contributed by atoms with Gasteiger partial charge in [0.2, 0.25) is 11.8 Å². The lowest BCUT2D eigenvalue weighted by molar-refractivity contribution is -0.131. The maximum absolute atomic E-state index is 15.0. The fourth-order valence-electron chi connectivity index (χ4n) is 5.92. The van der Waals surface area contributed by atoms with Crippen LogP contribution in [-0.4, -0.2) is 23.5 Å².